The first-order valence-electron chi connectivity index (χ1n) is 8.48. The Bertz CT molecular complexity index is 859. The highest BCUT2D eigenvalue weighted by Gasteiger charge is 2.26. The number of amidine groups is 1. The van der Waals surface area contributed by atoms with Crippen molar-refractivity contribution in [2.45, 2.75) is 39.2 Å². The van der Waals surface area contributed by atoms with E-state index in [1.807, 2.05) is 6.07 Å². The molecule has 1 aromatic rings. The van der Waals surface area contributed by atoms with Gasteiger partial charge < -0.3 is 10.6 Å². The molecule has 2 rings (SSSR count). The number of rotatable bonds is 6. The molecule has 0 unspecified atom stereocenters. The van der Waals surface area contributed by atoms with Crippen molar-refractivity contribution in [1.82, 2.24) is 10.3 Å². The van der Waals surface area contributed by atoms with Gasteiger partial charge in [-0.1, -0.05) is 0 Å². The maximum atomic E-state index is 12.3. The molecule has 8 nitrogen and oxygen atoms in total. The van der Waals surface area contributed by atoms with Crippen LogP contribution in [0.25, 0.3) is 0 Å². The van der Waals surface area contributed by atoms with E-state index < -0.39 is 11.4 Å². The molecular formula is C19H22N6O2. The normalized spacial score (nSPS) is 14.9. The van der Waals surface area contributed by atoms with Gasteiger partial charge in [-0.05, 0) is 52.5 Å². The third-order valence-corrected chi connectivity index (χ3v) is 3.81. The van der Waals surface area contributed by atoms with Crippen LogP contribution < -0.4 is 10.6 Å². The fourth-order valence-corrected chi connectivity index (χ4v) is 2.08. The van der Waals surface area contributed by atoms with Gasteiger partial charge in [0, 0.05) is 29.6 Å². The zero-order valence-electron chi connectivity index (χ0n) is 15.6. The van der Waals surface area contributed by atoms with Crippen LogP contribution in [0.4, 0.5) is 5.69 Å². The van der Waals surface area contributed by atoms with Crippen LogP contribution >= 0.6 is 0 Å². The van der Waals surface area contributed by atoms with Gasteiger partial charge in [0.15, 0.2) is 0 Å². The second-order valence-electron chi connectivity index (χ2n) is 6.81. The molecule has 2 amide bonds. The van der Waals surface area contributed by atoms with Gasteiger partial charge in [0.05, 0.1) is 6.07 Å². The summed E-state index contributed by atoms with van der Waals surface area (Å²) in [5, 5.41) is 14.3. The number of nitriles is 1. The molecular weight excluding hydrogens is 344 g/mol. The van der Waals surface area contributed by atoms with Crippen molar-refractivity contribution in [3.8, 4) is 6.07 Å². The van der Waals surface area contributed by atoms with Crippen LogP contribution in [0.2, 0.25) is 0 Å². The van der Waals surface area contributed by atoms with Crippen molar-refractivity contribution < 1.29 is 9.59 Å². The Hall–Kier alpha value is -3.34. The van der Waals surface area contributed by atoms with Crippen LogP contribution in [-0.2, 0) is 4.79 Å². The van der Waals surface area contributed by atoms with Crippen molar-refractivity contribution in [2.24, 2.45) is 15.9 Å². The predicted molar refractivity (Wildman–Crippen MR) is 103 cm³/mol. The number of anilines is 1. The quantitative estimate of drug-likeness (QED) is 0.456. The van der Waals surface area contributed by atoms with Crippen molar-refractivity contribution in [3.05, 3.63) is 35.8 Å². The van der Waals surface area contributed by atoms with Crippen molar-refractivity contribution >= 4 is 30.1 Å². The standard InChI is InChI=1S/C19H22N6O2/c1-12(10-23-16(21-4)13-5-6-13)17(26)24-14-7-8-22-15(9-14)18(27)25-19(2,3)11-20/h7-10,13H,4-6H2,1-3H3,(H,25,27)(H,22,24,26)/b12-10+,23-16?. The Morgan fingerprint density at radius 3 is 2.74 bits per heavy atom. The summed E-state index contributed by atoms with van der Waals surface area (Å²) in [6.07, 6.45) is 4.96. The number of pyridine rings is 1. The lowest BCUT2D eigenvalue weighted by Gasteiger charge is -2.17. The van der Waals surface area contributed by atoms with Gasteiger partial charge in [0.2, 0.25) is 0 Å². The molecule has 1 heterocycles. The summed E-state index contributed by atoms with van der Waals surface area (Å²) in [6.45, 7) is 8.30. The van der Waals surface area contributed by atoms with Crippen LogP contribution in [0.5, 0.6) is 0 Å². The molecule has 0 spiro atoms. The molecule has 1 saturated carbocycles. The van der Waals surface area contributed by atoms with E-state index in [9.17, 15) is 9.59 Å². The average Bonchev–Trinajstić information content (AvgIpc) is 3.47. The summed E-state index contributed by atoms with van der Waals surface area (Å²) in [4.78, 5) is 36.6. The van der Waals surface area contributed by atoms with E-state index >= 15 is 0 Å². The number of aliphatic imine (C=N–C) groups is 2. The molecule has 1 aromatic heterocycles. The summed E-state index contributed by atoms with van der Waals surface area (Å²) in [7, 11) is 0. The summed E-state index contributed by atoms with van der Waals surface area (Å²) in [5.41, 5.74) is -0.114. The molecule has 0 aliphatic heterocycles. The lowest BCUT2D eigenvalue weighted by Crippen LogP contribution is -2.42. The topological polar surface area (TPSA) is 120 Å². The van der Waals surface area contributed by atoms with Crippen LogP contribution in [0.3, 0.4) is 0 Å². The second kappa shape index (κ2) is 8.36. The van der Waals surface area contributed by atoms with Crippen LogP contribution in [0.15, 0.2) is 40.1 Å². The third-order valence-electron chi connectivity index (χ3n) is 3.81. The first-order valence-corrected chi connectivity index (χ1v) is 8.48. The van der Waals surface area contributed by atoms with E-state index in [-0.39, 0.29) is 11.6 Å². The number of carbonyl (C=O) groups is 2. The number of aromatic nitrogens is 1. The van der Waals surface area contributed by atoms with Gasteiger partial charge in [0.25, 0.3) is 11.8 Å². The zero-order chi connectivity index (χ0) is 20.0. The Morgan fingerprint density at radius 2 is 2.15 bits per heavy atom. The largest absolute Gasteiger partial charge is 0.333 e. The van der Waals surface area contributed by atoms with Gasteiger partial charge in [-0.15, -0.1) is 0 Å². The Morgan fingerprint density at radius 1 is 1.44 bits per heavy atom. The van der Waals surface area contributed by atoms with E-state index in [4.69, 9.17) is 5.26 Å². The molecule has 8 heteroatoms. The number of nitrogens with zero attached hydrogens (tertiary/aromatic N) is 4. The van der Waals surface area contributed by atoms with Gasteiger partial charge in [-0.25, -0.2) is 9.98 Å². The Balaban J connectivity index is 2.06. The van der Waals surface area contributed by atoms with Gasteiger partial charge in [-0.2, -0.15) is 5.26 Å². The van der Waals surface area contributed by atoms with Gasteiger partial charge in [0.1, 0.15) is 17.1 Å². The highest BCUT2D eigenvalue weighted by molar-refractivity contribution is 6.04. The number of nitrogens with one attached hydrogen (secondary N) is 2. The maximum Gasteiger partial charge on any atom is 0.271 e. The molecule has 0 aromatic carbocycles. The molecule has 0 radical (unpaired) electrons. The number of hydrogen-bond donors (Lipinski definition) is 2. The van der Waals surface area contributed by atoms with Gasteiger partial charge in [-0.3, -0.25) is 14.6 Å². The first kappa shape index (κ1) is 20.0. The molecule has 1 aliphatic carbocycles. The SMILES string of the molecule is C=NC(=N/C=C(\C)C(=O)Nc1ccnc(C(=O)NC(C)(C)C#N)c1)C1CC1. The minimum atomic E-state index is -1.02. The molecule has 140 valence electrons. The van der Waals surface area contributed by atoms with E-state index in [1.165, 1.54) is 18.5 Å². The third kappa shape index (κ3) is 5.85. The fraction of sp³-hybridized carbons (Fsp3) is 0.368. The highest BCUT2D eigenvalue weighted by atomic mass is 16.2. The Labute approximate surface area is 158 Å². The molecule has 1 aliphatic rings. The molecule has 2 N–H and O–H groups in total. The van der Waals surface area contributed by atoms with E-state index in [0.29, 0.717) is 23.0 Å². The Kier molecular flexibility index (Phi) is 6.19. The zero-order valence-corrected chi connectivity index (χ0v) is 15.6. The highest BCUT2D eigenvalue weighted by Crippen LogP contribution is 2.31. The number of carbonyl (C=O) groups excluding carboxylic acids is 2. The monoisotopic (exact) mass is 366 g/mol. The summed E-state index contributed by atoms with van der Waals surface area (Å²) >= 11 is 0. The van der Waals surface area contributed by atoms with Crippen molar-refractivity contribution in [1.29, 1.82) is 5.26 Å². The fourth-order valence-electron chi connectivity index (χ4n) is 2.08. The minimum Gasteiger partial charge on any atom is -0.333 e. The lowest BCUT2D eigenvalue weighted by molar-refractivity contribution is -0.112. The van der Waals surface area contributed by atoms with Gasteiger partial charge >= 0.3 is 0 Å². The summed E-state index contributed by atoms with van der Waals surface area (Å²) in [6, 6.07) is 5.00. The molecule has 0 bridgehead atoms. The second-order valence-corrected chi connectivity index (χ2v) is 6.81. The predicted octanol–water partition coefficient (Wildman–Crippen LogP) is 2.46. The van der Waals surface area contributed by atoms with E-state index in [1.54, 1.807) is 26.8 Å². The summed E-state index contributed by atoms with van der Waals surface area (Å²) < 4.78 is 0. The lowest BCUT2D eigenvalue weighted by atomic mass is 10.1. The number of amides is 2. The smallest absolute Gasteiger partial charge is 0.271 e. The first-order chi connectivity index (χ1) is 12.8. The molecule has 1 fully saturated rings. The van der Waals surface area contributed by atoms with Crippen LogP contribution in [-0.4, -0.2) is 34.9 Å². The van der Waals surface area contributed by atoms with E-state index in [2.05, 4.69) is 32.3 Å². The van der Waals surface area contributed by atoms with Crippen LogP contribution in [0, 0.1) is 17.2 Å². The number of hydrogen-bond acceptors (Lipinski definition) is 5. The summed E-state index contributed by atoms with van der Waals surface area (Å²) in [5.74, 6) is 0.132. The molecule has 27 heavy (non-hydrogen) atoms. The molecule has 0 atom stereocenters. The van der Waals surface area contributed by atoms with Crippen molar-refractivity contribution in [3.63, 3.8) is 0 Å². The minimum absolute atomic E-state index is 0.0997. The maximum absolute atomic E-state index is 12.3. The van der Waals surface area contributed by atoms with Crippen LogP contribution in [0.1, 0.15) is 44.1 Å². The molecule has 0 saturated heterocycles. The average molecular weight is 366 g/mol. The van der Waals surface area contributed by atoms with E-state index in [0.717, 1.165) is 12.8 Å². The van der Waals surface area contributed by atoms with Crippen molar-refractivity contribution in [2.75, 3.05) is 5.32 Å².